The van der Waals surface area contributed by atoms with Gasteiger partial charge in [-0.25, -0.2) is 12.7 Å². The number of sulfonamides is 1. The van der Waals surface area contributed by atoms with Crippen molar-refractivity contribution in [2.24, 2.45) is 5.92 Å². The van der Waals surface area contributed by atoms with Crippen molar-refractivity contribution < 1.29 is 22.8 Å². The smallest absolute Gasteiger partial charge is 0.241 e. The highest BCUT2D eigenvalue weighted by Gasteiger charge is 2.56. The number of hydrogen-bond donors (Lipinski definition) is 0. The van der Waals surface area contributed by atoms with Gasteiger partial charge in [0.1, 0.15) is 6.29 Å². The van der Waals surface area contributed by atoms with Crippen LogP contribution in [0.5, 0.6) is 0 Å². The van der Waals surface area contributed by atoms with Crippen molar-refractivity contribution in [3.63, 3.8) is 0 Å². The first-order valence-corrected chi connectivity index (χ1v) is 12.4. The molecule has 2 aliphatic rings. The Morgan fingerprint density at radius 3 is 2.39 bits per heavy atom. The van der Waals surface area contributed by atoms with Gasteiger partial charge in [-0.05, 0) is 25.7 Å². The molecule has 0 aliphatic carbocycles. The van der Waals surface area contributed by atoms with Crippen LogP contribution in [0.15, 0.2) is 0 Å². The van der Waals surface area contributed by atoms with Crippen LogP contribution in [-0.2, 0) is 24.4 Å². The maximum absolute atomic E-state index is 12.8. The van der Waals surface area contributed by atoms with Crippen molar-refractivity contribution in [1.29, 1.82) is 0 Å². The van der Waals surface area contributed by atoms with E-state index >= 15 is 0 Å². The molecule has 8 heteroatoms. The fraction of sp³-hybridized carbons (Fsp3) is 0.850. The number of likely N-dealkylation sites (tertiary alicyclic amines) is 1. The lowest BCUT2D eigenvalue weighted by molar-refractivity contribution is -0.134. The van der Waals surface area contributed by atoms with Gasteiger partial charge in [0.15, 0.2) is 0 Å². The number of nitrogens with zero attached hydrogens (tertiary/aromatic N) is 2. The molecule has 0 saturated carbocycles. The first-order chi connectivity index (χ1) is 13.3. The molecule has 28 heavy (non-hydrogen) atoms. The van der Waals surface area contributed by atoms with E-state index < -0.39 is 22.0 Å². The fourth-order valence-electron chi connectivity index (χ4n) is 4.67. The summed E-state index contributed by atoms with van der Waals surface area (Å²) in [6.45, 7) is 2.50. The van der Waals surface area contributed by atoms with Crippen molar-refractivity contribution in [2.45, 2.75) is 89.6 Å². The summed E-state index contributed by atoms with van der Waals surface area (Å²) in [6, 6.07) is -0.709. The van der Waals surface area contributed by atoms with E-state index in [1.54, 1.807) is 4.90 Å². The second-order valence-corrected chi connectivity index (χ2v) is 9.91. The van der Waals surface area contributed by atoms with E-state index in [-0.39, 0.29) is 17.9 Å². The molecule has 0 aromatic heterocycles. The fourth-order valence-corrected chi connectivity index (χ4v) is 5.86. The Morgan fingerprint density at radius 1 is 1.14 bits per heavy atom. The zero-order valence-corrected chi connectivity index (χ0v) is 18.0. The lowest BCUT2D eigenvalue weighted by Gasteiger charge is -2.27. The molecule has 0 radical (unpaired) electrons. The third-order valence-electron chi connectivity index (χ3n) is 5.91. The number of hydrogen-bond acceptors (Lipinski definition) is 5. The monoisotopic (exact) mass is 414 g/mol. The summed E-state index contributed by atoms with van der Waals surface area (Å²) < 4.78 is 25.3. The minimum Gasteiger partial charge on any atom is -0.337 e. The number of fused-ring (bicyclic) bond motifs is 1. The van der Waals surface area contributed by atoms with E-state index in [1.807, 2.05) is 6.92 Å². The number of carbonyl (C=O) groups is 3. The van der Waals surface area contributed by atoms with Gasteiger partial charge in [0.25, 0.3) is 0 Å². The van der Waals surface area contributed by atoms with Gasteiger partial charge >= 0.3 is 0 Å². The molecule has 2 aliphatic heterocycles. The van der Waals surface area contributed by atoms with Crippen molar-refractivity contribution in [3.8, 4) is 0 Å². The second-order valence-electron chi connectivity index (χ2n) is 8.05. The summed E-state index contributed by atoms with van der Waals surface area (Å²) in [5, 5.41) is 0. The van der Waals surface area contributed by atoms with Gasteiger partial charge in [-0.2, -0.15) is 0 Å². The molecule has 0 N–H and O–H groups in total. The van der Waals surface area contributed by atoms with E-state index in [9.17, 15) is 22.8 Å². The maximum Gasteiger partial charge on any atom is 0.241 e. The maximum atomic E-state index is 12.8. The summed E-state index contributed by atoms with van der Waals surface area (Å²) in [5.74, 6) is -0.709. The quantitative estimate of drug-likeness (QED) is 0.361. The van der Waals surface area contributed by atoms with Crippen molar-refractivity contribution in [2.75, 3.05) is 12.8 Å². The van der Waals surface area contributed by atoms with E-state index in [0.29, 0.717) is 32.2 Å². The largest absolute Gasteiger partial charge is 0.337 e. The molecular formula is C20H34N2O5S. The van der Waals surface area contributed by atoms with Gasteiger partial charge in [0.05, 0.1) is 24.3 Å². The highest BCUT2D eigenvalue weighted by Crippen LogP contribution is 2.40. The number of unbranched alkanes of at least 4 members (excludes halogenated alkanes) is 6. The van der Waals surface area contributed by atoms with Crippen LogP contribution < -0.4 is 0 Å². The highest BCUT2D eigenvalue weighted by atomic mass is 32.2. The zero-order chi connectivity index (χ0) is 20.7. The first kappa shape index (κ1) is 22.8. The minimum absolute atomic E-state index is 0.0395. The molecule has 3 atom stereocenters. The van der Waals surface area contributed by atoms with E-state index in [2.05, 4.69) is 0 Å². The molecule has 0 aromatic rings. The lowest BCUT2D eigenvalue weighted by Crippen LogP contribution is -2.43. The van der Waals surface area contributed by atoms with E-state index in [0.717, 1.165) is 61.8 Å². The Labute approximate surface area is 168 Å². The van der Waals surface area contributed by atoms with Gasteiger partial charge in [0.2, 0.25) is 21.8 Å². The van der Waals surface area contributed by atoms with Crippen LogP contribution in [0.1, 0.15) is 77.6 Å². The third kappa shape index (κ3) is 5.33. The van der Waals surface area contributed by atoms with Crippen molar-refractivity contribution in [1.82, 2.24) is 9.21 Å². The number of amides is 2. The second kappa shape index (κ2) is 10.4. The predicted molar refractivity (Wildman–Crippen MR) is 107 cm³/mol. The van der Waals surface area contributed by atoms with Gasteiger partial charge < -0.3 is 9.69 Å². The lowest BCUT2D eigenvalue weighted by atomic mass is 9.94. The summed E-state index contributed by atoms with van der Waals surface area (Å²) >= 11 is 0. The standard InChI is InChI=1S/C20H34N2O5S/c1-3-11-16-19-17(22(20(16)25)28(2,26)27)13-14-21(19)18(24)12-9-7-5-4-6-8-10-15-23/h15-17,19H,3-14H2,1-2H3/t16-,17+,19+/m1/s1. The van der Waals surface area contributed by atoms with Gasteiger partial charge in [0, 0.05) is 19.4 Å². The van der Waals surface area contributed by atoms with Gasteiger partial charge in [-0.15, -0.1) is 0 Å². The molecule has 0 aromatic carbocycles. The Hall–Kier alpha value is -1.44. The Bertz CT molecular complexity index is 664. The predicted octanol–water partition coefficient (Wildman–Crippen LogP) is 2.49. The van der Waals surface area contributed by atoms with Crippen LogP contribution in [0.25, 0.3) is 0 Å². The molecule has 160 valence electrons. The van der Waals surface area contributed by atoms with Crippen LogP contribution in [0.4, 0.5) is 0 Å². The molecular weight excluding hydrogens is 380 g/mol. The summed E-state index contributed by atoms with van der Waals surface area (Å²) in [5.41, 5.74) is 0. The molecule has 0 spiro atoms. The number of carbonyl (C=O) groups excluding carboxylic acids is 3. The van der Waals surface area contributed by atoms with Crippen LogP contribution in [0.2, 0.25) is 0 Å². The van der Waals surface area contributed by atoms with Crippen LogP contribution >= 0.6 is 0 Å². The molecule has 2 saturated heterocycles. The third-order valence-corrected chi connectivity index (χ3v) is 7.07. The first-order valence-electron chi connectivity index (χ1n) is 10.6. The SMILES string of the molecule is CCC[C@H]1C(=O)N(S(C)(=O)=O)[C@H]2CCN(C(=O)CCCCCCCCC=O)[C@@H]12. The Kier molecular flexibility index (Phi) is 8.46. The summed E-state index contributed by atoms with van der Waals surface area (Å²) in [4.78, 5) is 37.6. The molecule has 2 rings (SSSR count). The molecule has 7 nitrogen and oxygen atoms in total. The average Bonchev–Trinajstić information content (AvgIpc) is 3.15. The average molecular weight is 415 g/mol. The van der Waals surface area contributed by atoms with Crippen molar-refractivity contribution in [3.05, 3.63) is 0 Å². The Morgan fingerprint density at radius 2 is 1.79 bits per heavy atom. The molecule has 2 amide bonds. The normalized spacial score (nSPS) is 24.6. The zero-order valence-electron chi connectivity index (χ0n) is 17.1. The molecule has 0 bridgehead atoms. The van der Waals surface area contributed by atoms with Crippen molar-refractivity contribution >= 4 is 28.1 Å². The van der Waals surface area contributed by atoms with Crippen LogP contribution in [-0.4, -0.2) is 60.6 Å². The van der Waals surface area contributed by atoms with Crippen LogP contribution in [0, 0.1) is 5.92 Å². The van der Waals surface area contributed by atoms with Crippen LogP contribution in [0.3, 0.4) is 0 Å². The van der Waals surface area contributed by atoms with Gasteiger partial charge in [-0.1, -0.05) is 39.0 Å². The summed E-state index contributed by atoms with van der Waals surface area (Å²) in [6.07, 6.45) is 10.9. The Balaban J connectivity index is 1.89. The number of rotatable bonds is 12. The topological polar surface area (TPSA) is 91.8 Å². The number of aldehydes is 1. The summed E-state index contributed by atoms with van der Waals surface area (Å²) in [7, 11) is -3.62. The molecule has 0 unspecified atom stereocenters. The highest BCUT2D eigenvalue weighted by molar-refractivity contribution is 7.88. The minimum atomic E-state index is -3.62. The van der Waals surface area contributed by atoms with Gasteiger partial charge in [-0.3, -0.25) is 9.59 Å². The van der Waals surface area contributed by atoms with E-state index in [4.69, 9.17) is 0 Å². The molecule has 2 heterocycles. The molecule has 2 fully saturated rings. The van der Waals surface area contributed by atoms with E-state index in [1.165, 1.54) is 0 Å².